The first-order valence-electron chi connectivity index (χ1n) is 13.3. The lowest BCUT2D eigenvalue weighted by molar-refractivity contribution is 0.0906. The number of halogens is 1. The van der Waals surface area contributed by atoms with Gasteiger partial charge in [-0.2, -0.15) is 10.1 Å². The Morgan fingerprint density at radius 1 is 1.18 bits per heavy atom. The smallest absolute Gasteiger partial charge is 0.315 e. The quantitative estimate of drug-likeness (QED) is 0.290. The van der Waals surface area contributed by atoms with Gasteiger partial charge in [-0.05, 0) is 38.1 Å². The van der Waals surface area contributed by atoms with Gasteiger partial charge < -0.3 is 20.1 Å². The predicted molar refractivity (Wildman–Crippen MR) is 146 cm³/mol. The van der Waals surface area contributed by atoms with Gasteiger partial charge in [0.05, 0.1) is 23.6 Å². The van der Waals surface area contributed by atoms with Gasteiger partial charge in [0, 0.05) is 40.2 Å². The Labute approximate surface area is 229 Å². The number of aromatic nitrogens is 7. The lowest BCUT2D eigenvalue weighted by Gasteiger charge is -2.22. The highest BCUT2D eigenvalue weighted by molar-refractivity contribution is 5.94. The average Bonchev–Trinajstić information content (AvgIpc) is 3.71. The van der Waals surface area contributed by atoms with Crippen LogP contribution < -0.4 is 10.6 Å². The molecule has 0 unspecified atom stereocenters. The Balaban J connectivity index is 1.20. The van der Waals surface area contributed by atoms with Crippen LogP contribution in [0.15, 0.2) is 47.5 Å². The Morgan fingerprint density at radius 3 is 2.75 bits per heavy atom. The van der Waals surface area contributed by atoms with Crippen molar-refractivity contribution >= 4 is 16.9 Å². The van der Waals surface area contributed by atoms with Crippen LogP contribution >= 0.6 is 0 Å². The second-order valence-electron chi connectivity index (χ2n) is 11.0. The molecular weight excluding hydrogens is 513 g/mol. The molecular formula is C28H30FN9O2. The molecule has 1 saturated heterocycles. The summed E-state index contributed by atoms with van der Waals surface area (Å²) < 4.78 is 22.2. The van der Waals surface area contributed by atoms with Crippen molar-refractivity contribution in [1.82, 2.24) is 45.5 Å². The normalized spacial score (nSPS) is 14.6. The minimum absolute atomic E-state index is 0.0350. The number of hydrogen-bond donors (Lipinski definition) is 3. The molecule has 0 aliphatic carbocycles. The summed E-state index contributed by atoms with van der Waals surface area (Å²) in [6.07, 6.45) is 7.45. The van der Waals surface area contributed by atoms with Gasteiger partial charge in [-0.1, -0.05) is 38.1 Å². The summed E-state index contributed by atoms with van der Waals surface area (Å²) in [5.74, 6) is -0.764. The molecule has 0 radical (unpaired) electrons. The number of carbonyl (C=O) groups is 1. The summed E-state index contributed by atoms with van der Waals surface area (Å²) in [5.41, 5.74) is 3.64. The number of carbonyl (C=O) groups excluding carboxylic acids is 1. The van der Waals surface area contributed by atoms with E-state index in [1.165, 1.54) is 12.4 Å². The van der Waals surface area contributed by atoms with Crippen LogP contribution in [0, 0.1) is 5.82 Å². The van der Waals surface area contributed by atoms with Crippen molar-refractivity contribution in [3.05, 3.63) is 66.1 Å². The van der Waals surface area contributed by atoms with Crippen molar-refractivity contribution in [1.29, 1.82) is 0 Å². The van der Waals surface area contributed by atoms with Gasteiger partial charge in [0.1, 0.15) is 17.8 Å². The zero-order valence-corrected chi connectivity index (χ0v) is 22.5. The fourth-order valence-corrected chi connectivity index (χ4v) is 4.78. The molecule has 4 aromatic heterocycles. The number of H-pyrrole nitrogens is 1. The largest absolute Gasteiger partial charge is 0.344 e. The Morgan fingerprint density at radius 2 is 2.00 bits per heavy atom. The molecule has 0 atom stereocenters. The molecule has 40 heavy (non-hydrogen) atoms. The van der Waals surface area contributed by atoms with E-state index in [1.54, 1.807) is 12.1 Å². The number of hydrogen-bond acceptors (Lipinski definition) is 8. The van der Waals surface area contributed by atoms with Crippen LogP contribution in [-0.2, 0) is 12.0 Å². The third kappa shape index (κ3) is 5.09. The molecule has 11 nitrogen and oxygen atoms in total. The van der Waals surface area contributed by atoms with Crippen molar-refractivity contribution < 1.29 is 13.7 Å². The minimum Gasteiger partial charge on any atom is -0.344 e. The molecule has 1 aliphatic heterocycles. The lowest BCUT2D eigenvalue weighted by Crippen LogP contribution is -2.29. The summed E-state index contributed by atoms with van der Waals surface area (Å²) in [4.78, 5) is 28.8. The van der Waals surface area contributed by atoms with Gasteiger partial charge in [-0.25, -0.2) is 14.4 Å². The molecule has 0 spiro atoms. The average molecular weight is 544 g/mol. The molecule has 1 aliphatic rings. The SMILES string of the molecule is CC(C)(C)c1noc(C(=O)NCc2ccc(-c3ncnc4[nH]c(-c5cnn(C6CCNCC6)c5)cc34)cc2F)n1. The van der Waals surface area contributed by atoms with E-state index in [0.717, 1.165) is 42.6 Å². The van der Waals surface area contributed by atoms with Crippen LogP contribution in [-0.4, -0.2) is 53.9 Å². The first-order valence-corrected chi connectivity index (χ1v) is 13.3. The molecule has 0 bridgehead atoms. The summed E-state index contributed by atoms with van der Waals surface area (Å²) in [6, 6.07) is 7.17. The van der Waals surface area contributed by atoms with Gasteiger partial charge in [0.2, 0.25) is 0 Å². The van der Waals surface area contributed by atoms with E-state index in [0.29, 0.717) is 34.3 Å². The van der Waals surface area contributed by atoms with Crippen molar-refractivity contribution in [3.8, 4) is 22.5 Å². The minimum atomic E-state index is -0.563. The van der Waals surface area contributed by atoms with Crippen LogP contribution in [0.4, 0.5) is 4.39 Å². The summed E-state index contributed by atoms with van der Waals surface area (Å²) >= 11 is 0. The number of nitrogens with zero attached hydrogens (tertiary/aromatic N) is 6. The molecule has 1 amide bonds. The van der Waals surface area contributed by atoms with Crippen LogP contribution in [0.2, 0.25) is 0 Å². The number of aromatic amines is 1. The predicted octanol–water partition coefficient (Wildman–Crippen LogP) is 4.16. The number of rotatable bonds is 6. The monoisotopic (exact) mass is 543 g/mol. The fourth-order valence-electron chi connectivity index (χ4n) is 4.78. The molecule has 12 heteroatoms. The molecule has 5 aromatic rings. The van der Waals surface area contributed by atoms with Crippen LogP contribution in [0.1, 0.15) is 61.7 Å². The zero-order chi connectivity index (χ0) is 27.9. The number of benzene rings is 1. The summed E-state index contributed by atoms with van der Waals surface area (Å²) in [6.45, 7) is 7.70. The van der Waals surface area contributed by atoms with Crippen molar-refractivity contribution in [2.24, 2.45) is 0 Å². The zero-order valence-electron chi connectivity index (χ0n) is 22.5. The second-order valence-corrected chi connectivity index (χ2v) is 11.0. The number of fused-ring (bicyclic) bond motifs is 1. The Kier molecular flexibility index (Phi) is 6.62. The topological polar surface area (TPSA) is 139 Å². The molecule has 1 aromatic carbocycles. The maximum Gasteiger partial charge on any atom is 0.315 e. The highest BCUT2D eigenvalue weighted by atomic mass is 19.1. The number of amides is 1. The van der Waals surface area contributed by atoms with E-state index in [1.807, 2.05) is 37.7 Å². The molecule has 3 N–H and O–H groups in total. The molecule has 6 rings (SSSR count). The summed E-state index contributed by atoms with van der Waals surface area (Å²) in [7, 11) is 0. The van der Waals surface area contributed by atoms with Gasteiger partial charge in [-0.3, -0.25) is 9.48 Å². The van der Waals surface area contributed by atoms with Crippen LogP contribution in [0.5, 0.6) is 0 Å². The number of piperidine rings is 1. The Hall–Kier alpha value is -4.45. The standard InChI is InChI=1S/C28H30FN9O2/c1-28(2,3)27-36-26(40-37-27)25(39)31-12-17-5-4-16(10-21(17)29)23-20-11-22(35-24(20)33-15-32-23)18-13-34-38(14-18)19-6-8-30-9-7-19/h4-5,10-11,13-15,19,30H,6-9,12H2,1-3H3,(H,31,39)(H,32,33,35). The van der Waals surface area contributed by atoms with E-state index >= 15 is 4.39 Å². The van der Waals surface area contributed by atoms with Crippen LogP contribution in [0.3, 0.4) is 0 Å². The third-order valence-corrected chi connectivity index (χ3v) is 7.08. The van der Waals surface area contributed by atoms with Crippen LogP contribution in [0.25, 0.3) is 33.5 Å². The van der Waals surface area contributed by atoms with E-state index in [4.69, 9.17) is 4.52 Å². The van der Waals surface area contributed by atoms with Gasteiger partial charge in [0.25, 0.3) is 0 Å². The lowest BCUT2D eigenvalue weighted by atomic mass is 9.96. The molecule has 1 fully saturated rings. The third-order valence-electron chi connectivity index (χ3n) is 7.08. The summed E-state index contributed by atoms with van der Waals surface area (Å²) in [5, 5.41) is 15.2. The van der Waals surface area contributed by atoms with Crippen molar-refractivity contribution in [2.45, 2.75) is 51.6 Å². The Bertz CT molecular complexity index is 1670. The second kappa shape index (κ2) is 10.3. The van der Waals surface area contributed by atoms with E-state index in [2.05, 4.69) is 47.0 Å². The van der Waals surface area contributed by atoms with Gasteiger partial charge in [0.15, 0.2) is 5.82 Å². The molecule has 5 heterocycles. The van der Waals surface area contributed by atoms with E-state index < -0.39 is 11.7 Å². The van der Waals surface area contributed by atoms with E-state index in [-0.39, 0.29) is 17.9 Å². The van der Waals surface area contributed by atoms with Gasteiger partial charge in [-0.15, -0.1) is 0 Å². The van der Waals surface area contributed by atoms with Gasteiger partial charge >= 0.3 is 11.8 Å². The number of nitrogens with one attached hydrogen (secondary N) is 3. The van der Waals surface area contributed by atoms with Crippen molar-refractivity contribution in [3.63, 3.8) is 0 Å². The first kappa shape index (κ1) is 25.8. The molecule has 0 saturated carbocycles. The molecule has 206 valence electrons. The van der Waals surface area contributed by atoms with E-state index in [9.17, 15) is 4.79 Å². The van der Waals surface area contributed by atoms with Crippen molar-refractivity contribution in [2.75, 3.05) is 13.1 Å². The highest BCUT2D eigenvalue weighted by Crippen LogP contribution is 2.31. The maximum atomic E-state index is 15.1. The maximum absolute atomic E-state index is 15.1. The highest BCUT2D eigenvalue weighted by Gasteiger charge is 2.24. The fraction of sp³-hybridized carbons (Fsp3) is 0.357. The first-order chi connectivity index (χ1) is 19.3.